The molecule has 7 heteroatoms. The zero-order chi connectivity index (χ0) is 27.3. The van der Waals surface area contributed by atoms with Crippen LogP contribution in [0.4, 0.5) is 0 Å². The quantitative estimate of drug-likeness (QED) is 0.310. The molecule has 0 saturated carbocycles. The van der Waals surface area contributed by atoms with Gasteiger partial charge in [0.1, 0.15) is 8.16 Å². The molecule has 2 aliphatic heterocycles. The highest BCUT2D eigenvalue weighted by molar-refractivity contribution is 9.10. The van der Waals surface area contributed by atoms with Gasteiger partial charge in [0.15, 0.2) is 10.2 Å². The fourth-order valence-electron chi connectivity index (χ4n) is 6.08. The maximum atomic E-state index is 13.4. The van der Waals surface area contributed by atoms with Crippen LogP contribution in [-0.2, 0) is 17.7 Å². The van der Waals surface area contributed by atoms with Crippen molar-refractivity contribution in [3.63, 3.8) is 0 Å². The first-order chi connectivity index (χ1) is 17.1. The third kappa shape index (κ3) is 5.21. The predicted molar refractivity (Wildman–Crippen MR) is 169 cm³/mol. The van der Waals surface area contributed by atoms with Gasteiger partial charge in [0.2, 0.25) is 0 Å². The number of thioether (sulfide) groups is 2. The lowest BCUT2D eigenvalue weighted by atomic mass is 9.71. The maximum Gasteiger partial charge on any atom is 0.196 e. The van der Waals surface area contributed by atoms with Crippen LogP contribution >= 0.6 is 54.9 Å². The van der Waals surface area contributed by atoms with Crippen LogP contribution in [-0.4, -0.2) is 10.2 Å². The summed E-state index contributed by atoms with van der Waals surface area (Å²) < 4.78 is -0.883. The van der Waals surface area contributed by atoms with Crippen LogP contribution in [0.1, 0.15) is 79.4 Å². The van der Waals surface area contributed by atoms with Crippen molar-refractivity contribution in [1.82, 2.24) is 0 Å². The van der Waals surface area contributed by atoms with Gasteiger partial charge in [-0.05, 0) is 44.6 Å². The van der Waals surface area contributed by atoms with Crippen LogP contribution in [0.2, 0.25) is 0 Å². The molecule has 0 unspecified atom stereocenters. The largest absolute Gasteiger partial charge is 0.287 e. The normalized spacial score (nSPS) is 30.2. The fourth-order valence-corrected chi connectivity index (χ4v) is 17.3. The Hall–Kier alpha value is -0.470. The molecule has 2 fully saturated rings. The highest BCUT2D eigenvalue weighted by Gasteiger charge is 2.60. The van der Waals surface area contributed by atoms with Gasteiger partial charge in [0, 0.05) is 10.8 Å². The van der Waals surface area contributed by atoms with Crippen molar-refractivity contribution in [3.05, 3.63) is 71.8 Å². The Kier molecular flexibility index (Phi) is 8.11. The molecule has 0 aromatic heterocycles. The monoisotopic (exact) mass is 590 g/mol. The van der Waals surface area contributed by atoms with E-state index in [1.54, 1.807) is 31.4 Å². The first kappa shape index (κ1) is 29.5. The molecule has 0 aliphatic carbocycles. The van der Waals surface area contributed by atoms with Gasteiger partial charge in [0.05, 0.1) is 0 Å². The van der Waals surface area contributed by atoms with E-state index < -0.39 is 8.16 Å². The zero-order valence-electron chi connectivity index (χ0n) is 23.0. The van der Waals surface area contributed by atoms with Crippen LogP contribution < -0.4 is 0 Å². The number of carbonyl (C=O) groups is 2. The smallest absolute Gasteiger partial charge is 0.196 e. The molecular weight excluding hydrogens is 553 g/mol. The molecule has 2 aliphatic rings. The minimum atomic E-state index is -0.441. The molecule has 0 spiro atoms. The lowest BCUT2D eigenvalue weighted by Gasteiger charge is -2.54. The van der Waals surface area contributed by atoms with E-state index in [1.807, 2.05) is 12.1 Å². The molecular formula is C30H38O2S5. The number of rotatable bonds is 6. The molecule has 2 aromatic carbocycles. The van der Waals surface area contributed by atoms with Gasteiger partial charge in [-0.3, -0.25) is 9.59 Å². The van der Waals surface area contributed by atoms with Crippen LogP contribution in [0.25, 0.3) is 0 Å². The molecule has 0 radical (unpaired) electrons. The predicted octanol–water partition coefficient (Wildman–Crippen LogP) is 10.2. The van der Waals surface area contributed by atoms with E-state index in [4.69, 9.17) is 0 Å². The van der Waals surface area contributed by atoms with Crippen molar-refractivity contribution in [3.8, 4) is 0 Å². The van der Waals surface area contributed by atoms with Gasteiger partial charge in [-0.2, -0.15) is 0 Å². The van der Waals surface area contributed by atoms with Gasteiger partial charge in [-0.15, -0.1) is 0 Å². The lowest BCUT2D eigenvalue weighted by Crippen LogP contribution is -2.48. The van der Waals surface area contributed by atoms with Crippen molar-refractivity contribution < 1.29 is 9.59 Å². The van der Waals surface area contributed by atoms with Crippen molar-refractivity contribution in [2.45, 2.75) is 76.4 Å². The van der Waals surface area contributed by atoms with Crippen molar-refractivity contribution in [2.24, 2.45) is 21.7 Å². The summed E-state index contributed by atoms with van der Waals surface area (Å²) in [4.78, 5) is 26.9. The average molecular weight is 591 g/mol. The zero-order valence-corrected chi connectivity index (χ0v) is 27.1. The van der Waals surface area contributed by atoms with Crippen LogP contribution in [0.3, 0.4) is 0 Å². The van der Waals surface area contributed by atoms with Gasteiger partial charge in [-0.1, -0.05) is 161 Å². The molecule has 2 aromatic rings. The molecule has 0 bridgehead atoms. The second-order valence-electron chi connectivity index (χ2n) is 12.9. The van der Waals surface area contributed by atoms with E-state index in [1.165, 1.54) is 34.7 Å². The van der Waals surface area contributed by atoms with Gasteiger partial charge < -0.3 is 0 Å². The number of benzene rings is 2. The molecule has 37 heavy (non-hydrogen) atoms. The van der Waals surface area contributed by atoms with E-state index >= 15 is 0 Å². The van der Waals surface area contributed by atoms with E-state index in [0.29, 0.717) is 0 Å². The summed E-state index contributed by atoms with van der Waals surface area (Å²) in [6.07, 6.45) is 1.63. The number of hydrogen-bond acceptors (Lipinski definition) is 7. The van der Waals surface area contributed by atoms with Gasteiger partial charge in [0.25, 0.3) is 0 Å². The van der Waals surface area contributed by atoms with Crippen molar-refractivity contribution >= 4 is 65.2 Å². The third-order valence-electron chi connectivity index (χ3n) is 7.74. The number of carbonyl (C=O) groups excluding carboxylic acids is 2. The van der Waals surface area contributed by atoms with E-state index in [2.05, 4.69) is 104 Å². The summed E-state index contributed by atoms with van der Waals surface area (Å²) in [6.45, 7) is 17.5. The summed E-state index contributed by atoms with van der Waals surface area (Å²) in [5.41, 5.74) is 1.34. The Morgan fingerprint density at radius 3 is 1.22 bits per heavy atom. The highest BCUT2D eigenvalue weighted by Crippen LogP contribution is 2.74. The first-order valence-electron chi connectivity index (χ1n) is 12.7. The Morgan fingerprint density at radius 1 is 0.568 bits per heavy atom. The highest BCUT2D eigenvalue weighted by atomic mass is 33.5. The van der Waals surface area contributed by atoms with Crippen molar-refractivity contribution in [1.29, 1.82) is 0 Å². The minimum absolute atomic E-state index is 0.137. The molecule has 4 rings (SSSR count). The van der Waals surface area contributed by atoms with Gasteiger partial charge >= 0.3 is 0 Å². The Labute approximate surface area is 243 Å². The molecule has 200 valence electrons. The standard InChI is InChI=1S/C30H38O2S5/c1-25(2)19-27(5,6)29(33-23(25)31,21-15-11-9-12-16-21)35-37-36-30(22-17-13-10-14-18-22)28(7,8)20-26(3,4)24(32)34-30/h9-18H,19-20H2,1-8H3/t29-,30+. The second kappa shape index (κ2) is 10.2. The second-order valence-corrected chi connectivity index (χ2v) is 20.1. The fraction of sp³-hybridized carbons (Fsp3) is 0.533. The minimum Gasteiger partial charge on any atom is -0.287 e. The third-order valence-corrected chi connectivity index (χ3v) is 18.3. The number of hydrogen-bond donors (Lipinski definition) is 0. The van der Waals surface area contributed by atoms with Crippen LogP contribution in [0.5, 0.6) is 0 Å². The van der Waals surface area contributed by atoms with Crippen LogP contribution in [0.15, 0.2) is 60.7 Å². The van der Waals surface area contributed by atoms with E-state index in [-0.39, 0.29) is 31.9 Å². The average Bonchev–Trinajstić information content (AvgIpc) is 2.80. The maximum absolute atomic E-state index is 13.4. The molecule has 2 nitrogen and oxygen atoms in total. The van der Waals surface area contributed by atoms with Gasteiger partial charge in [-0.25, -0.2) is 0 Å². The molecule has 0 N–H and O–H groups in total. The Morgan fingerprint density at radius 2 is 0.892 bits per heavy atom. The summed E-state index contributed by atoms with van der Waals surface area (Å²) >= 11 is 3.00. The van der Waals surface area contributed by atoms with E-state index in [9.17, 15) is 9.59 Å². The van der Waals surface area contributed by atoms with E-state index in [0.717, 1.165) is 12.8 Å². The van der Waals surface area contributed by atoms with Crippen molar-refractivity contribution in [2.75, 3.05) is 0 Å². The molecule has 2 heterocycles. The summed E-state index contributed by atoms with van der Waals surface area (Å²) in [5, 5.41) is 0.492. The lowest BCUT2D eigenvalue weighted by molar-refractivity contribution is -0.121. The summed E-state index contributed by atoms with van der Waals surface area (Å²) in [7, 11) is 5.34. The van der Waals surface area contributed by atoms with Crippen LogP contribution in [0, 0.1) is 21.7 Å². The summed E-state index contributed by atoms with van der Waals surface area (Å²) in [5.74, 6) is 0. The molecule has 2 atom stereocenters. The topological polar surface area (TPSA) is 34.1 Å². The Bertz CT molecular complexity index is 1070. The summed E-state index contributed by atoms with van der Waals surface area (Å²) in [6, 6.07) is 21.0. The molecule has 0 amide bonds. The molecule has 2 saturated heterocycles. The Balaban J connectivity index is 1.73. The first-order valence-corrected chi connectivity index (χ1v) is 17.8. The SMILES string of the molecule is CC1(C)CC(C)(C)[C@](SSS[C@]2(c3ccccc3)SC(=O)C(C)(C)CC2(C)C)(c2ccccc2)SC1=O.